The lowest BCUT2D eigenvalue weighted by molar-refractivity contribution is 0.415. The molecule has 0 fully saturated rings. The minimum atomic E-state index is -0.296. The Bertz CT molecular complexity index is 1160. The molecule has 0 saturated heterocycles. The van der Waals surface area contributed by atoms with E-state index in [-0.39, 0.29) is 11.3 Å². The van der Waals surface area contributed by atoms with Crippen LogP contribution in [0.5, 0.6) is 11.5 Å². The van der Waals surface area contributed by atoms with E-state index in [1.54, 1.807) is 31.4 Å². The van der Waals surface area contributed by atoms with Crippen molar-refractivity contribution < 1.29 is 9.84 Å². The summed E-state index contributed by atoms with van der Waals surface area (Å²) in [5.74, 6) is 0.871. The van der Waals surface area contributed by atoms with Crippen LogP contribution in [0.15, 0.2) is 58.7 Å². The van der Waals surface area contributed by atoms with Crippen molar-refractivity contribution in [1.29, 1.82) is 0 Å². The fourth-order valence-corrected chi connectivity index (χ4v) is 2.62. The van der Waals surface area contributed by atoms with Crippen LogP contribution in [0.25, 0.3) is 21.9 Å². The minimum Gasteiger partial charge on any atom is -0.508 e. The molecule has 4 aromatic rings. The van der Waals surface area contributed by atoms with Crippen molar-refractivity contribution >= 4 is 28.2 Å². The maximum Gasteiger partial charge on any atom is 0.298 e. The Hall–Kier alpha value is -3.61. The van der Waals surface area contributed by atoms with Crippen LogP contribution in [-0.2, 0) is 0 Å². The lowest BCUT2D eigenvalue weighted by Crippen LogP contribution is -2.17. The normalized spacial score (nSPS) is 11.6. The second-order valence-corrected chi connectivity index (χ2v) is 5.49. The number of aromatic nitrogens is 3. The topological polar surface area (TPSA) is 92.5 Å². The number of fused-ring (bicyclic) bond motifs is 3. The lowest BCUT2D eigenvalue weighted by atomic mass is 10.2. The predicted octanol–water partition coefficient (Wildman–Crippen LogP) is 2.47. The summed E-state index contributed by atoms with van der Waals surface area (Å²) in [6.45, 7) is 0. The van der Waals surface area contributed by atoms with Crippen LogP contribution in [0, 0.1) is 0 Å². The van der Waals surface area contributed by atoms with Crippen molar-refractivity contribution in [3.05, 3.63) is 64.7 Å². The highest BCUT2D eigenvalue weighted by Crippen LogP contribution is 2.25. The number of hydrogen-bond acceptors (Lipinski definition) is 5. The van der Waals surface area contributed by atoms with Gasteiger partial charge in [-0.05, 0) is 48.0 Å². The van der Waals surface area contributed by atoms with Gasteiger partial charge in [0.25, 0.3) is 5.56 Å². The number of phenolic OH excluding ortho intramolecular Hbond substituents is 1. The molecular formula is C18H14N4O3. The molecule has 0 unspecified atom stereocenters. The van der Waals surface area contributed by atoms with Crippen LogP contribution in [0.2, 0.25) is 0 Å². The largest absolute Gasteiger partial charge is 0.508 e. The molecule has 0 aliphatic rings. The summed E-state index contributed by atoms with van der Waals surface area (Å²) in [6, 6.07) is 12.0. The number of aromatic hydroxyl groups is 1. The summed E-state index contributed by atoms with van der Waals surface area (Å²) in [5.41, 5.74) is 2.23. The fraction of sp³-hybridized carbons (Fsp3) is 0.0556. The number of benzene rings is 2. The summed E-state index contributed by atoms with van der Waals surface area (Å²) in [5, 5.41) is 14.3. The van der Waals surface area contributed by atoms with Gasteiger partial charge in [0.05, 0.1) is 13.3 Å². The van der Waals surface area contributed by atoms with Crippen LogP contribution < -0.4 is 10.3 Å². The van der Waals surface area contributed by atoms with Gasteiger partial charge in [-0.2, -0.15) is 9.78 Å². The first-order chi connectivity index (χ1) is 12.2. The zero-order chi connectivity index (χ0) is 17.4. The molecule has 7 heteroatoms. The molecule has 2 N–H and O–H groups in total. The van der Waals surface area contributed by atoms with Gasteiger partial charge in [-0.3, -0.25) is 4.79 Å². The minimum absolute atomic E-state index is 0.172. The van der Waals surface area contributed by atoms with Crippen molar-refractivity contribution in [1.82, 2.24) is 14.6 Å². The number of rotatable bonds is 3. The standard InChI is InChI=1S/C18H14N4O3/c1-25-13-6-7-15-14(8-13)16-17(21-15)18(24)22(10-19-16)20-9-11-2-4-12(23)5-3-11/h2-10,21,23H,1H3/b20-9-. The molecule has 0 saturated carbocycles. The van der Waals surface area contributed by atoms with Crippen molar-refractivity contribution in [2.45, 2.75) is 0 Å². The van der Waals surface area contributed by atoms with Gasteiger partial charge in [0.15, 0.2) is 0 Å². The van der Waals surface area contributed by atoms with Gasteiger partial charge in [-0.1, -0.05) is 0 Å². The Kier molecular flexibility index (Phi) is 3.46. The number of hydrogen-bond donors (Lipinski definition) is 2. The third-order valence-corrected chi connectivity index (χ3v) is 3.92. The monoisotopic (exact) mass is 334 g/mol. The van der Waals surface area contributed by atoms with Gasteiger partial charge in [-0.15, -0.1) is 0 Å². The molecule has 0 aliphatic carbocycles. The van der Waals surface area contributed by atoms with E-state index in [1.165, 1.54) is 17.2 Å². The Morgan fingerprint density at radius 3 is 2.80 bits per heavy atom. The van der Waals surface area contributed by atoms with E-state index in [1.807, 2.05) is 18.2 Å². The summed E-state index contributed by atoms with van der Waals surface area (Å²) >= 11 is 0. The molecule has 2 heterocycles. The number of aromatic amines is 1. The Morgan fingerprint density at radius 2 is 2.04 bits per heavy atom. The molecule has 0 atom stereocenters. The van der Waals surface area contributed by atoms with Crippen molar-refractivity contribution in [3.8, 4) is 11.5 Å². The lowest BCUT2D eigenvalue weighted by Gasteiger charge is -1.99. The van der Waals surface area contributed by atoms with Gasteiger partial charge in [0.2, 0.25) is 0 Å². The van der Waals surface area contributed by atoms with Gasteiger partial charge in [0.1, 0.15) is 28.9 Å². The molecule has 7 nitrogen and oxygen atoms in total. The summed E-state index contributed by atoms with van der Waals surface area (Å²) in [7, 11) is 1.59. The van der Waals surface area contributed by atoms with Crippen molar-refractivity contribution in [2.75, 3.05) is 7.11 Å². The molecule has 25 heavy (non-hydrogen) atoms. The van der Waals surface area contributed by atoms with Gasteiger partial charge >= 0.3 is 0 Å². The highest BCUT2D eigenvalue weighted by Gasteiger charge is 2.11. The van der Waals surface area contributed by atoms with Crippen LogP contribution in [0.3, 0.4) is 0 Å². The smallest absolute Gasteiger partial charge is 0.298 e. The molecule has 2 aromatic heterocycles. The number of phenols is 1. The van der Waals surface area contributed by atoms with Crippen LogP contribution in [-0.4, -0.2) is 33.1 Å². The van der Waals surface area contributed by atoms with E-state index in [4.69, 9.17) is 4.74 Å². The van der Waals surface area contributed by atoms with Gasteiger partial charge < -0.3 is 14.8 Å². The second-order valence-electron chi connectivity index (χ2n) is 5.49. The molecule has 0 aliphatic heterocycles. The number of H-pyrrole nitrogens is 1. The summed E-state index contributed by atoms with van der Waals surface area (Å²) < 4.78 is 6.39. The van der Waals surface area contributed by atoms with E-state index in [2.05, 4.69) is 15.1 Å². The Morgan fingerprint density at radius 1 is 1.24 bits per heavy atom. The third kappa shape index (κ3) is 2.61. The summed E-state index contributed by atoms with van der Waals surface area (Å²) in [4.78, 5) is 20.1. The molecule has 0 spiro atoms. The Balaban J connectivity index is 1.81. The first kappa shape index (κ1) is 14.9. The van der Waals surface area contributed by atoms with Crippen LogP contribution >= 0.6 is 0 Å². The van der Waals surface area contributed by atoms with E-state index >= 15 is 0 Å². The number of nitrogens with zero attached hydrogens (tertiary/aromatic N) is 3. The highest BCUT2D eigenvalue weighted by molar-refractivity contribution is 6.04. The molecule has 0 radical (unpaired) electrons. The third-order valence-electron chi connectivity index (χ3n) is 3.92. The second kappa shape index (κ2) is 5.79. The fourth-order valence-electron chi connectivity index (χ4n) is 2.62. The average molecular weight is 334 g/mol. The Labute approximate surface area is 141 Å². The van der Waals surface area contributed by atoms with Crippen molar-refractivity contribution in [3.63, 3.8) is 0 Å². The molecule has 2 aromatic carbocycles. The van der Waals surface area contributed by atoms with Crippen LogP contribution in [0.1, 0.15) is 5.56 Å². The first-order valence-electron chi connectivity index (χ1n) is 7.56. The molecule has 0 amide bonds. The predicted molar refractivity (Wildman–Crippen MR) is 95.5 cm³/mol. The van der Waals surface area contributed by atoms with Gasteiger partial charge in [0, 0.05) is 10.9 Å². The summed E-state index contributed by atoms with van der Waals surface area (Å²) in [6.07, 6.45) is 2.91. The average Bonchev–Trinajstić information content (AvgIpc) is 3.01. The van der Waals surface area contributed by atoms with E-state index in [9.17, 15) is 9.90 Å². The van der Waals surface area contributed by atoms with E-state index in [0.29, 0.717) is 16.8 Å². The number of ether oxygens (including phenoxy) is 1. The van der Waals surface area contributed by atoms with E-state index < -0.39 is 0 Å². The van der Waals surface area contributed by atoms with Gasteiger partial charge in [-0.25, -0.2) is 4.98 Å². The number of methoxy groups -OCH3 is 1. The quantitative estimate of drug-likeness (QED) is 0.563. The molecule has 4 rings (SSSR count). The molecule has 124 valence electrons. The maximum atomic E-state index is 12.6. The first-order valence-corrected chi connectivity index (χ1v) is 7.56. The number of nitrogens with one attached hydrogen (secondary N) is 1. The zero-order valence-corrected chi connectivity index (χ0v) is 13.3. The highest BCUT2D eigenvalue weighted by atomic mass is 16.5. The zero-order valence-electron chi connectivity index (χ0n) is 13.3. The maximum absolute atomic E-state index is 12.6. The molecule has 0 bridgehead atoms. The molecular weight excluding hydrogens is 320 g/mol. The van der Waals surface area contributed by atoms with E-state index in [0.717, 1.165) is 16.5 Å². The van der Waals surface area contributed by atoms with Crippen molar-refractivity contribution in [2.24, 2.45) is 5.10 Å². The van der Waals surface area contributed by atoms with Crippen LogP contribution in [0.4, 0.5) is 0 Å². The SMILES string of the molecule is COc1ccc2[nH]c3c(=O)n(/N=C\c4ccc(O)cc4)cnc3c2c1.